The van der Waals surface area contributed by atoms with Crippen LogP contribution in [0.1, 0.15) is 26.7 Å². The molecule has 1 aliphatic carbocycles. The summed E-state index contributed by atoms with van der Waals surface area (Å²) >= 11 is 0. The first kappa shape index (κ1) is 18.2. The van der Waals surface area contributed by atoms with Crippen molar-refractivity contribution in [3.63, 3.8) is 0 Å². The predicted molar refractivity (Wildman–Crippen MR) is 96.7 cm³/mol. The summed E-state index contributed by atoms with van der Waals surface area (Å²) in [5, 5.41) is 2.87. The number of carbonyl (C=O) groups is 3. The molecule has 26 heavy (non-hydrogen) atoms. The first-order valence-electron chi connectivity index (χ1n) is 9.06. The van der Waals surface area contributed by atoms with Crippen molar-refractivity contribution in [1.82, 2.24) is 9.80 Å². The predicted octanol–water partition coefficient (Wildman–Crippen LogP) is 1.49. The van der Waals surface area contributed by atoms with Gasteiger partial charge in [-0.05, 0) is 31.9 Å². The van der Waals surface area contributed by atoms with Crippen molar-refractivity contribution in [2.24, 2.45) is 5.41 Å². The quantitative estimate of drug-likeness (QED) is 0.808. The van der Waals surface area contributed by atoms with E-state index in [-0.39, 0.29) is 17.7 Å². The average molecular weight is 359 g/mol. The molecule has 0 spiro atoms. The van der Waals surface area contributed by atoms with Crippen molar-refractivity contribution in [1.29, 1.82) is 0 Å². The van der Waals surface area contributed by atoms with Crippen LogP contribution in [-0.4, -0.2) is 60.3 Å². The Kier molecular flexibility index (Phi) is 5.15. The summed E-state index contributed by atoms with van der Waals surface area (Å²) in [6.45, 7) is 5.90. The molecule has 0 aromatic heterocycles. The van der Waals surface area contributed by atoms with Gasteiger partial charge in [0.25, 0.3) is 0 Å². The van der Waals surface area contributed by atoms with Gasteiger partial charge in [0, 0.05) is 33.1 Å². The number of rotatable bonds is 5. The molecule has 0 bridgehead atoms. The molecule has 1 aromatic rings. The molecule has 7 heteroatoms. The van der Waals surface area contributed by atoms with Crippen molar-refractivity contribution < 1.29 is 19.1 Å². The first-order chi connectivity index (χ1) is 12.5. The van der Waals surface area contributed by atoms with Crippen LogP contribution in [0.2, 0.25) is 0 Å². The van der Waals surface area contributed by atoms with Gasteiger partial charge in [-0.25, -0.2) is 0 Å². The highest BCUT2D eigenvalue weighted by atomic mass is 16.5. The van der Waals surface area contributed by atoms with Gasteiger partial charge in [0.1, 0.15) is 11.2 Å². The Morgan fingerprint density at radius 1 is 1.08 bits per heavy atom. The minimum atomic E-state index is -0.974. The second-order valence-electron chi connectivity index (χ2n) is 6.76. The van der Waals surface area contributed by atoms with E-state index in [2.05, 4.69) is 5.32 Å². The summed E-state index contributed by atoms with van der Waals surface area (Å²) in [7, 11) is 0. The molecule has 3 amide bonds. The van der Waals surface area contributed by atoms with Crippen LogP contribution in [-0.2, 0) is 14.4 Å². The fourth-order valence-corrected chi connectivity index (χ4v) is 3.28. The van der Waals surface area contributed by atoms with Crippen LogP contribution < -0.4 is 10.1 Å². The number of para-hydroxylation sites is 2. The lowest BCUT2D eigenvalue weighted by Gasteiger charge is -2.35. The number of amides is 3. The van der Waals surface area contributed by atoms with E-state index in [1.807, 2.05) is 19.1 Å². The molecule has 1 N–H and O–H groups in total. The molecule has 1 saturated carbocycles. The van der Waals surface area contributed by atoms with Crippen molar-refractivity contribution in [3.05, 3.63) is 24.3 Å². The van der Waals surface area contributed by atoms with Crippen molar-refractivity contribution in [2.45, 2.75) is 26.7 Å². The van der Waals surface area contributed by atoms with Gasteiger partial charge in [-0.1, -0.05) is 12.1 Å². The molecule has 2 aliphatic rings. The van der Waals surface area contributed by atoms with E-state index in [1.165, 1.54) is 6.92 Å². The topological polar surface area (TPSA) is 79.0 Å². The highest BCUT2D eigenvalue weighted by molar-refractivity contribution is 6.13. The lowest BCUT2D eigenvalue weighted by atomic mass is 10.0. The number of nitrogens with zero attached hydrogens (tertiary/aromatic N) is 2. The summed E-state index contributed by atoms with van der Waals surface area (Å²) < 4.78 is 5.53. The second-order valence-corrected chi connectivity index (χ2v) is 6.76. The Bertz CT molecular complexity index is 706. The molecule has 0 atom stereocenters. The van der Waals surface area contributed by atoms with Crippen LogP contribution in [0.4, 0.5) is 5.69 Å². The molecule has 140 valence electrons. The summed E-state index contributed by atoms with van der Waals surface area (Å²) in [6, 6.07) is 7.23. The lowest BCUT2D eigenvalue weighted by molar-refractivity contribution is -0.146. The van der Waals surface area contributed by atoms with Gasteiger partial charge in [-0.15, -0.1) is 0 Å². The minimum Gasteiger partial charge on any atom is -0.492 e. The number of piperazine rings is 1. The van der Waals surface area contributed by atoms with Gasteiger partial charge in [0.15, 0.2) is 0 Å². The van der Waals surface area contributed by atoms with Gasteiger partial charge >= 0.3 is 0 Å². The molecule has 1 saturated heterocycles. The first-order valence-corrected chi connectivity index (χ1v) is 9.06. The molecule has 3 rings (SSSR count). The molecule has 7 nitrogen and oxygen atoms in total. The number of hydrogen-bond acceptors (Lipinski definition) is 4. The van der Waals surface area contributed by atoms with Crippen molar-refractivity contribution in [2.75, 3.05) is 38.1 Å². The molecule has 2 fully saturated rings. The number of ether oxygens (including phenoxy) is 1. The van der Waals surface area contributed by atoms with E-state index in [0.717, 1.165) is 0 Å². The number of carbonyl (C=O) groups excluding carboxylic acids is 3. The van der Waals surface area contributed by atoms with E-state index in [0.29, 0.717) is 57.1 Å². The highest BCUT2D eigenvalue weighted by Gasteiger charge is 2.58. The van der Waals surface area contributed by atoms with Crippen LogP contribution in [0.15, 0.2) is 24.3 Å². The zero-order valence-electron chi connectivity index (χ0n) is 15.3. The van der Waals surface area contributed by atoms with E-state index < -0.39 is 5.41 Å². The van der Waals surface area contributed by atoms with Crippen LogP contribution in [0.3, 0.4) is 0 Å². The summed E-state index contributed by atoms with van der Waals surface area (Å²) in [5.41, 5.74) is -0.391. The monoisotopic (exact) mass is 359 g/mol. The standard InChI is InChI=1S/C19H25N3O4/c1-3-26-16-7-5-4-6-15(16)20-17(24)19(8-9-19)18(25)22-12-10-21(11-13-22)14(2)23/h4-7H,3,8-13H2,1-2H3,(H,20,24). The Labute approximate surface area is 153 Å². The zero-order chi connectivity index (χ0) is 18.7. The number of benzene rings is 1. The van der Waals surface area contributed by atoms with Crippen LogP contribution >= 0.6 is 0 Å². The van der Waals surface area contributed by atoms with Gasteiger partial charge in [0.2, 0.25) is 17.7 Å². The van der Waals surface area contributed by atoms with Crippen molar-refractivity contribution >= 4 is 23.4 Å². The smallest absolute Gasteiger partial charge is 0.240 e. The van der Waals surface area contributed by atoms with Crippen molar-refractivity contribution in [3.8, 4) is 5.75 Å². The van der Waals surface area contributed by atoms with E-state index in [1.54, 1.807) is 21.9 Å². The number of hydrogen-bond donors (Lipinski definition) is 1. The van der Waals surface area contributed by atoms with Crippen LogP contribution in [0, 0.1) is 5.41 Å². The Morgan fingerprint density at radius 3 is 2.27 bits per heavy atom. The molecule has 0 unspecified atom stereocenters. The Morgan fingerprint density at radius 2 is 1.69 bits per heavy atom. The maximum atomic E-state index is 12.9. The fraction of sp³-hybridized carbons (Fsp3) is 0.526. The fourth-order valence-electron chi connectivity index (χ4n) is 3.28. The molecular weight excluding hydrogens is 334 g/mol. The van der Waals surface area contributed by atoms with E-state index in [4.69, 9.17) is 4.74 Å². The van der Waals surface area contributed by atoms with E-state index >= 15 is 0 Å². The normalized spacial score (nSPS) is 18.2. The molecule has 1 aromatic carbocycles. The molecule has 1 heterocycles. The third kappa shape index (κ3) is 3.52. The van der Waals surface area contributed by atoms with Gasteiger partial charge in [-0.3, -0.25) is 14.4 Å². The lowest BCUT2D eigenvalue weighted by Crippen LogP contribution is -2.53. The minimum absolute atomic E-state index is 0.0171. The van der Waals surface area contributed by atoms with E-state index in [9.17, 15) is 14.4 Å². The van der Waals surface area contributed by atoms with Crippen LogP contribution in [0.25, 0.3) is 0 Å². The maximum Gasteiger partial charge on any atom is 0.240 e. The van der Waals surface area contributed by atoms with Gasteiger partial charge in [0.05, 0.1) is 12.3 Å². The Balaban J connectivity index is 1.66. The van der Waals surface area contributed by atoms with Gasteiger partial charge < -0.3 is 19.9 Å². The third-order valence-electron chi connectivity index (χ3n) is 5.04. The second kappa shape index (κ2) is 7.35. The SMILES string of the molecule is CCOc1ccccc1NC(=O)C1(C(=O)N2CCN(C(C)=O)CC2)CC1. The van der Waals surface area contributed by atoms with Gasteiger partial charge in [-0.2, -0.15) is 0 Å². The average Bonchev–Trinajstić information content (AvgIpc) is 3.45. The molecule has 0 radical (unpaired) electrons. The number of nitrogens with one attached hydrogen (secondary N) is 1. The maximum absolute atomic E-state index is 12.9. The summed E-state index contributed by atoms with van der Waals surface area (Å²) in [6.07, 6.45) is 1.11. The number of anilines is 1. The zero-order valence-corrected chi connectivity index (χ0v) is 15.3. The molecule has 1 aliphatic heterocycles. The largest absolute Gasteiger partial charge is 0.492 e. The Hall–Kier alpha value is -2.57. The summed E-state index contributed by atoms with van der Waals surface area (Å²) in [4.78, 5) is 40.6. The summed E-state index contributed by atoms with van der Waals surface area (Å²) in [5.74, 6) is 0.209. The molecular formula is C19H25N3O4. The highest BCUT2D eigenvalue weighted by Crippen LogP contribution is 2.48. The van der Waals surface area contributed by atoms with Crippen LogP contribution in [0.5, 0.6) is 5.75 Å². The third-order valence-corrected chi connectivity index (χ3v) is 5.04.